The second kappa shape index (κ2) is 4.79. The fourth-order valence-corrected chi connectivity index (χ4v) is 1.54. The van der Waals surface area contributed by atoms with E-state index in [1.165, 1.54) is 6.08 Å². The number of rotatable bonds is 3. The molecule has 1 aromatic carbocycles. The molecule has 0 aliphatic carbocycles. The van der Waals surface area contributed by atoms with E-state index in [4.69, 9.17) is 15.3 Å². The first-order valence-corrected chi connectivity index (χ1v) is 5.43. The van der Waals surface area contributed by atoms with E-state index < -0.39 is 5.97 Å². The second-order valence-corrected chi connectivity index (χ2v) is 3.94. The summed E-state index contributed by atoms with van der Waals surface area (Å²) >= 11 is 0. The Kier molecular flexibility index (Phi) is 3.19. The van der Waals surface area contributed by atoms with Gasteiger partial charge >= 0.3 is 5.97 Å². The first-order chi connectivity index (χ1) is 8.56. The average molecular weight is 243 g/mol. The molecule has 2 rings (SSSR count). The molecule has 1 aromatic heterocycles. The van der Waals surface area contributed by atoms with Gasteiger partial charge in [-0.25, -0.2) is 4.79 Å². The van der Waals surface area contributed by atoms with Gasteiger partial charge in [0.15, 0.2) is 0 Å². The minimum absolute atomic E-state index is 0.492. The Morgan fingerprint density at radius 2 is 2.11 bits per heavy atom. The predicted octanol–water partition coefficient (Wildman–Crippen LogP) is 2.94. The zero-order valence-corrected chi connectivity index (χ0v) is 9.88. The van der Waals surface area contributed by atoms with Crippen molar-refractivity contribution in [1.82, 2.24) is 0 Å². The number of carboxylic acid groups (broad SMARTS) is 1. The monoisotopic (exact) mass is 243 g/mol. The smallest absolute Gasteiger partial charge is 0.328 e. The van der Waals surface area contributed by atoms with Crippen molar-refractivity contribution < 1.29 is 14.3 Å². The minimum Gasteiger partial charge on any atom is -0.478 e. The zero-order chi connectivity index (χ0) is 13.1. The van der Waals surface area contributed by atoms with E-state index in [1.807, 2.05) is 25.1 Å². The summed E-state index contributed by atoms with van der Waals surface area (Å²) in [6.07, 6.45) is 2.44. The highest BCUT2D eigenvalue weighted by Crippen LogP contribution is 2.26. The molecule has 4 heteroatoms. The molecule has 0 bridgehead atoms. The van der Waals surface area contributed by atoms with E-state index in [0.717, 1.165) is 17.2 Å². The van der Waals surface area contributed by atoms with Gasteiger partial charge in [0.1, 0.15) is 11.5 Å². The molecule has 2 aromatic rings. The normalized spacial score (nSPS) is 10.9. The van der Waals surface area contributed by atoms with Crippen molar-refractivity contribution in [3.63, 3.8) is 0 Å². The number of carboxylic acids is 1. The van der Waals surface area contributed by atoms with Crippen molar-refractivity contribution in [1.29, 1.82) is 0 Å². The van der Waals surface area contributed by atoms with Gasteiger partial charge in [-0.15, -0.1) is 0 Å². The molecule has 0 spiro atoms. The molecule has 0 saturated heterocycles. The molecular weight excluding hydrogens is 230 g/mol. The van der Waals surface area contributed by atoms with Crippen LogP contribution in [0.15, 0.2) is 40.8 Å². The van der Waals surface area contributed by atoms with Crippen LogP contribution in [-0.4, -0.2) is 11.1 Å². The number of benzene rings is 1. The van der Waals surface area contributed by atoms with Crippen LogP contribution in [0.2, 0.25) is 0 Å². The third kappa shape index (κ3) is 2.60. The van der Waals surface area contributed by atoms with Crippen molar-refractivity contribution in [2.75, 3.05) is 5.73 Å². The van der Waals surface area contributed by atoms with Gasteiger partial charge in [0.05, 0.1) is 0 Å². The molecule has 0 fully saturated rings. The number of aryl methyl sites for hydroxylation is 1. The maximum atomic E-state index is 10.4. The summed E-state index contributed by atoms with van der Waals surface area (Å²) in [7, 11) is 0. The van der Waals surface area contributed by atoms with Crippen LogP contribution in [0.5, 0.6) is 0 Å². The van der Waals surface area contributed by atoms with Crippen LogP contribution in [0.1, 0.15) is 11.3 Å². The first kappa shape index (κ1) is 12.0. The topological polar surface area (TPSA) is 76.5 Å². The SMILES string of the molecule is Cc1ccc(-c2ccc(/C=C/C(=O)O)o2)cc1N. The predicted molar refractivity (Wildman–Crippen MR) is 70.0 cm³/mol. The average Bonchev–Trinajstić information content (AvgIpc) is 2.79. The lowest BCUT2D eigenvalue weighted by Gasteiger charge is -2.02. The first-order valence-electron chi connectivity index (χ1n) is 5.43. The molecular formula is C14H13NO3. The van der Waals surface area contributed by atoms with Gasteiger partial charge in [0.25, 0.3) is 0 Å². The number of anilines is 1. The zero-order valence-electron chi connectivity index (χ0n) is 9.88. The number of hydrogen-bond donors (Lipinski definition) is 2. The molecule has 3 N–H and O–H groups in total. The van der Waals surface area contributed by atoms with Crippen LogP contribution in [0.25, 0.3) is 17.4 Å². The highest BCUT2D eigenvalue weighted by molar-refractivity contribution is 5.84. The largest absolute Gasteiger partial charge is 0.478 e. The van der Waals surface area contributed by atoms with Crippen LogP contribution in [0, 0.1) is 6.92 Å². The molecule has 0 unspecified atom stereocenters. The Morgan fingerprint density at radius 3 is 2.78 bits per heavy atom. The Hall–Kier alpha value is -2.49. The lowest BCUT2D eigenvalue weighted by Crippen LogP contribution is -1.89. The van der Waals surface area contributed by atoms with Crippen molar-refractivity contribution in [3.8, 4) is 11.3 Å². The van der Waals surface area contributed by atoms with Gasteiger partial charge in [0.2, 0.25) is 0 Å². The van der Waals surface area contributed by atoms with Crippen LogP contribution in [-0.2, 0) is 4.79 Å². The highest BCUT2D eigenvalue weighted by Gasteiger charge is 2.04. The molecule has 92 valence electrons. The molecule has 0 atom stereocenters. The molecule has 0 aliphatic heterocycles. The van der Waals surface area contributed by atoms with Gasteiger partial charge in [-0.05, 0) is 36.8 Å². The fourth-order valence-electron chi connectivity index (χ4n) is 1.54. The third-order valence-electron chi connectivity index (χ3n) is 2.58. The van der Waals surface area contributed by atoms with Crippen molar-refractivity contribution in [2.45, 2.75) is 6.92 Å². The maximum Gasteiger partial charge on any atom is 0.328 e. The van der Waals surface area contributed by atoms with Crippen LogP contribution in [0.3, 0.4) is 0 Å². The number of nitrogen functional groups attached to an aromatic ring is 1. The maximum absolute atomic E-state index is 10.4. The highest BCUT2D eigenvalue weighted by atomic mass is 16.4. The van der Waals surface area contributed by atoms with E-state index in [1.54, 1.807) is 12.1 Å². The minimum atomic E-state index is -1.01. The summed E-state index contributed by atoms with van der Waals surface area (Å²) < 4.78 is 5.51. The van der Waals surface area contributed by atoms with Crippen molar-refractivity contribution in [2.24, 2.45) is 0 Å². The molecule has 0 aliphatic rings. The molecule has 0 saturated carbocycles. The quantitative estimate of drug-likeness (QED) is 0.641. The van der Waals surface area contributed by atoms with E-state index >= 15 is 0 Å². The van der Waals surface area contributed by atoms with E-state index in [0.29, 0.717) is 17.2 Å². The number of furan rings is 1. The summed E-state index contributed by atoms with van der Waals surface area (Å²) in [5.74, 6) is 0.144. The van der Waals surface area contributed by atoms with Crippen molar-refractivity contribution >= 4 is 17.7 Å². The van der Waals surface area contributed by atoms with Gasteiger partial charge in [-0.1, -0.05) is 12.1 Å². The van der Waals surface area contributed by atoms with E-state index in [2.05, 4.69) is 0 Å². The Labute approximate surface area is 104 Å². The number of carbonyl (C=O) groups is 1. The molecule has 4 nitrogen and oxygen atoms in total. The fraction of sp³-hybridized carbons (Fsp3) is 0.0714. The summed E-state index contributed by atoms with van der Waals surface area (Å²) in [4.78, 5) is 10.4. The molecule has 18 heavy (non-hydrogen) atoms. The number of aliphatic carboxylic acids is 1. The van der Waals surface area contributed by atoms with Gasteiger partial charge in [-0.3, -0.25) is 0 Å². The molecule has 0 radical (unpaired) electrons. The molecule has 1 heterocycles. The summed E-state index contributed by atoms with van der Waals surface area (Å²) in [5, 5.41) is 8.52. The van der Waals surface area contributed by atoms with Gasteiger partial charge in [0, 0.05) is 17.3 Å². The standard InChI is InChI=1S/C14H13NO3/c1-9-2-3-10(8-12(9)15)13-6-4-11(18-13)5-7-14(16)17/h2-8H,15H2,1H3,(H,16,17)/b7-5+. The van der Waals surface area contributed by atoms with Crippen molar-refractivity contribution in [3.05, 3.63) is 47.7 Å². The van der Waals surface area contributed by atoms with Crippen LogP contribution >= 0.6 is 0 Å². The Bertz CT molecular complexity index is 611. The van der Waals surface area contributed by atoms with Gasteiger partial charge in [-0.2, -0.15) is 0 Å². The van der Waals surface area contributed by atoms with E-state index in [-0.39, 0.29) is 0 Å². The van der Waals surface area contributed by atoms with Gasteiger partial charge < -0.3 is 15.3 Å². The summed E-state index contributed by atoms with van der Waals surface area (Å²) in [6.45, 7) is 1.93. The number of hydrogen-bond acceptors (Lipinski definition) is 3. The summed E-state index contributed by atoms with van der Waals surface area (Å²) in [5.41, 5.74) is 8.41. The second-order valence-electron chi connectivity index (χ2n) is 3.94. The van der Waals surface area contributed by atoms with Crippen LogP contribution < -0.4 is 5.73 Å². The third-order valence-corrected chi connectivity index (χ3v) is 2.58. The summed E-state index contributed by atoms with van der Waals surface area (Å²) in [6, 6.07) is 9.16. The molecule has 0 amide bonds. The Morgan fingerprint density at radius 1 is 1.33 bits per heavy atom. The lowest BCUT2D eigenvalue weighted by atomic mass is 10.1. The van der Waals surface area contributed by atoms with Crippen LogP contribution in [0.4, 0.5) is 5.69 Å². The Balaban J connectivity index is 2.29. The lowest BCUT2D eigenvalue weighted by molar-refractivity contribution is -0.131. The van der Waals surface area contributed by atoms with E-state index in [9.17, 15) is 4.79 Å². The number of nitrogens with two attached hydrogens (primary N) is 1.